The zero-order chi connectivity index (χ0) is 20.5. The Morgan fingerprint density at radius 1 is 1.03 bits per heavy atom. The molecule has 0 atom stereocenters. The molecule has 8 nitrogen and oxygen atoms in total. The summed E-state index contributed by atoms with van der Waals surface area (Å²) < 4.78 is 17.8. The van der Waals surface area contributed by atoms with Crippen LogP contribution in [0.25, 0.3) is 28.7 Å². The summed E-state index contributed by atoms with van der Waals surface area (Å²) in [6.07, 6.45) is 0. The van der Waals surface area contributed by atoms with E-state index >= 15 is 0 Å². The molecule has 0 aliphatic carbocycles. The van der Waals surface area contributed by atoms with Crippen LogP contribution in [0.3, 0.4) is 0 Å². The number of benzene rings is 2. The van der Waals surface area contributed by atoms with Crippen molar-refractivity contribution in [1.82, 2.24) is 25.1 Å². The van der Waals surface area contributed by atoms with E-state index in [2.05, 4.69) is 20.5 Å². The lowest BCUT2D eigenvalue weighted by Gasteiger charge is -2.12. The van der Waals surface area contributed by atoms with Gasteiger partial charge in [0.15, 0.2) is 5.69 Å². The molecule has 2 aromatic heterocycles. The molecule has 0 amide bonds. The normalized spacial score (nSPS) is 10.9. The molecule has 148 valence electrons. The fourth-order valence-corrected chi connectivity index (χ4v) is 3.25. The molecule has 0 radical (unpaired) electrons. The Hall–Kier alpha value is -3.39. The third kappa shape index (κ3) is 3.31. The molecular weight excluding hydrogens is 394 g/mol. The maximum atomic E-state index is 6.29. The lowest BCUT2D eigenvalue weighted by atomic mass is 10.1. The molecule has 2 aromatic carbocycles. The molecule has 0 fully saturated rings. The number of hydrogen-bond acceptors (Lipinski definition) is 7. The van der Waals surface area contributed by atoms with Crippen molar-refractivity contribution in [2.24, 2.45) is 0 Å². The summed E-state index contributed by atoms with van der Waals surface area (Å²) in [4.78, 5) is 4.50. The van der Waals surface area contributed by atoms with Crippen molar-refractivity contribution in [1.29, 1.82) is 0 Å². The Morgan fingerprint density at radius 2 is 1.79 bits per heavy atom. The van der Waals surface area contributed by atoms with Crippen molar-refractivity contribution in [3.8, 4) is 40.2 Å². The predicted molar refractivity (Wildman–Crippen MR) is 108 cm³/mol. The lowest BCUT2D eigenvalue weighted by Crippen LogP contribution is -2.03. The highest BCUT2D eigenvalue weighted by Gasteiger charge is 2.22. The number of nitrogens with zero attached hydrogens (tertiary/aromatic N) is 5. The highest BCUT2D eigenvalue weighted by molar-refractivity contribution is 6.32. The van der Waals surface area contributed by atoms with Crippen LogP contribution < -0.4 is 9.47 Å². The van der Waals surface area contributed by atoms with Gasteiger partial charge < -0.3 is 14.0 Å². The van der Waals surface area contributed by atoms with E-state index in [1.54, 1.807) is 31.0 Å². The Kier molecular flexibility index (Phi) is 4.94. The molecule has 0 unspecified atom stereocenters. The molecular formula is C20H18ClN5O3. The molecule has 0 saturated heterocycles. The molecule has 0 saturated carbocycles. The second kappa shape index (κ2) is 7.56. The molecule has 0 N–H and O–H groups in total. The monoisotopic (exact) mass is 411 g/mol. The SMILES string of the molecule is COc1cc(OC)c(-n2nnc(-c3nc(-c4ccccc4C)no3)c2C)cc1Cl. The topological polar surface area (TPSA) is 88.1 Å². The Morgan fingerprint density at radius 3 is 2.52 bits per heavy atom. The summed E-state index contributed by atoms with van der Waals surface area (Å²) in [7, 11) is 3.10. The van der Waals surface area contributed by atoms with Crippen LogP contribution in [0.5, 0.6) is 11.5 Å². The summed E-state index contributed by atoms with van der Waals surface area (Å²) in [5.74, 6) is 1.82. The van der Waals surface area contributed by atoms with Crippen LogP contribution in [0.4, 0.5) is 0 Å². The minimum atomic E-state index is 0.283. The van der Waals surface area contributed by atoms with Crippen molar-refractivity contribution < 1.29 is 14.0 Å². The van der Waals surface area contributed by atoms with Crippen molar-refractivity contribution in [2.45, 2.75) is 13.8 Å². The summed E-state index contributed by atoms with van der Waals surface area (Å²) in [5.41, 5.74) is 3.75. The van der Waals surface area contributed by atoms with Gasteiger partial charge in [0.05, 0.1) is 24.9 Å². The second-order valence-electron chi connectivity index (χ2n) is 6.33. The minimum absolute atomic E-state index is 0.283. The largest absolute Gasteiger partial charge is 0.495 e. The fourth-order valence-electron chi connectivity index (χ4n) is 3.02. The van der Waals surface area contributed by atoms with Crippen LogP contribution in [0, 0.1) is 13.8 Å². The zero-order valence-corrected chi connectivity index (χ0v) is 17.1. The molecule has 4 rings (SSSR count). The quantitative estimate of drug-likeness (QED) is 0.484. The molecule has 9 heteroatoms. The van der Waals surface area contributed by atoms with Gasteiger partial charge in [0.25, 0.3) is 5.89 Å². The first-order valence-electron chi connectivity index (χ1n) is 8.77. The van der Waals surface area contributed by atoms with Gasteiger partial charge in [-0.2, -0.15) is 4.98 Å². The Balaban J connectivity index is 1.76. The van der Waals surface area contributed by atoms with Crippen LogP contribution >= 0.6 is 11.6 Å². The summed E-state index contributed by atoms with van der Waals surface area (Å²) >= 11 is 6.29. The second-order valence-corrected chi connectivity index (χ2v) is 6.74. The molecule has 4 aromatic rings. The number of aryl methyl sites for hydroxylation is 1. The van der Waals surface area contributed by atoms with E-state index in [0.29, 0.717) is 39.4 Å². The maximum Gasteiger partial charge on any atom is 0.280 e. The summed E-state index contributed by atoms with van der Waals surface area (Å²) in [6, 6.07) is 11.2. The van der Waals surface area contributed by atoms with Gasteiger partial charge in [-0.05, 0) is 25.5 Å². The van der Waals surface area contributed by atoms with Gasteiger partial charge in [-0.25, -0.2) is 4.68 Å². The van der Waals surface area contributed by atoms with E-state index in [0.717, 1.165) is 11.1 Å². The molecule has 0 spiro atoms. The van der Waals surface area contributed by atoms with E-state index in [-0.39, 0.29) is 5.89 Å². The number of rotatable bonds is 5. The van der Waals surface area contributed by atoms with Crippen LogP contribution in [0.1, 0.15) is 11.3 Å². The highest BCUT2D eigenvalue weighted by atomic mass is 35.5. The average molecular weight is 412 g/mol. The van der Waals surface area contributed by atoms with Gasteiger partial charge in [-0.3, -0.25) is 0 Å². The van der Waals surface area contributed by atoms with E-state index in [1.807, 2.05) is 38.1 Å². The lowest BCUT2D eigenvalue weighted by molar-refractivity contribution is 0.392. The number of methoxy groups -OCH3 is 2. The number of hydrogen-bond donors (Lipinski definition) is 0. The summed E-state index contributed by atoms with van der Waals surface area (Å²) in [6.45, 7) is 3.84. The van der Waals surface area contributed by atoms with Crippen LogP contribution in [-0.4, -0.2) is 39.4 Å². The summed E-state index contributed by atoms with van der Waals surface area (Å²) in [5, 5.41) is 13.0. The van der Waals surface area contributed by atoms with Crippen molar-refractivity contribution in [2.75, 3.05) is 14.2 Å². The Bertz CT molecular complexity index is 1180. The maximum absolute atomic E-state index is 6.29. The van der Waals surface area contributed by atoms with E-state index < -0.39 is 0 Å². The van der Waals surface area contributed by atoms with Gasteiger partial charge in [0, 0.05) is 11.6 Å². The third-order valence-electron chi connectivity index (χ3n) is 4.59. The molecule has 2 heterocycles. The van der Waals surface area contributed by atoms with Gasteiger partial charge in [-0.1, -0.05) is 46.2 Å². The van der Waals surface area contributed by atoms with Gasteiger partial charge >= 0.3 is 0 Å². The van der Waals surface area contributed by atoms with Crippen LogP contribution in [0.15, 0.2) is 40.9 Å². The third-order valence-corrected chi connectivity index (χ3v) is 4.89. The zero-order valence-electron chi connectivity index (χ0n) is 16.3. The molecule has 0 aliphatic rings. The first kappa shape index (κ1) is 18.9. The number of ether oxygens (including phenoxy) is 2. The predicted octanol–water partition coefficient (Wildman–Crippen LogP) is 4.27. The molecule has 0 aliphatic heterocycles. The van der Waals surface area contributed by atoms with E-state index in [1.165, 1.54) is 0 Å². The smallest absolute Gasteiger partial charge is 0.280 e. The van der Waals surface area contributed by atoms with Gasteiger partial charge in [-0.15, -0.1) is 5.10 Å². The van der Waals surface area contributed by atoms with Gasteiger partial charge in [0.2, 0.25) is 5.82 Å². The number of halogens is 1. The van der Waals surface area contributed by atoms with Crippen molar-refractivity contribution >= 4 is 11.6 Å². The molecule has 29 heavy (non-hydrogen) atoms. The number of aromatic nitrogens is 5. The van der Waals surface area contributed by atoms with Crippen LogP contribution in [0.2, 0.25) is 5.02 Å². The highest BCUT2D eigenvalue weighted by Crippen LogP contribution is 2.36. The minimum Gasteiger partial charge on any atom is -0.495 e. The van der Waals surface area contributed by atoms with Gasteiger partial charge in [0.1, 0.15) is 17.2 Å². The average Bonchev–Trinajstić information content (AvgIpc) is 3.35. The van der Waals surface area contributed by atoms with E-state index in [4.69, 9.17) is 25.6 Å². The molecule has 0 bridgehead atoms. The van der Waals surface area contributed by atoms with E-state index in [9.17, 15) is 0 Å². The standard InChI is InChI=1S/C20H18ClN5O3/c1-11-7-5-6-8-13(11)19-22-20(29-24-19)18-12(2)26(25-23-18)15-9-14(21)16(27-3)10-17(15)28-4/h5-10H,1-4H3. The first-order valence-corrected chi connectivity index (χ1v) is 9.15. The first-order chi connectivity index (χ1) is 14.0. The van der Waals surface area contributed by atoms with Crippen LogP contribution in [-0.2, 0) is 0 Å². The Labute approximate surface area is 172 Å². The van der Waals surface area contributed by atoms with Crippen molar-refractivity contribution in [3.05, 3.63) is 52.7 Å². The van der Waals surface area contributed by atoms with Crippen molar-refractivity contribution in [3.63, 3.8) is 0 Å². The fraction of sp³-hybridized carbons (Fsp3) is 0.200.